The van der Waals surface area contributed by atoms with E-state index in [9.17, 15) is 9.90 Å². The molecule has 6 nitrogen and oxygen atoms in total. The van der Waals surface area contributed by atoms with E-state index in [1.165, 1.54) is 0 Å². The average Bonchev–Trinajstić information content (AvgIpc) is 2.86. The molecule has 2 aliphatic rings. The zero-order valence-corrected chi connectivity index (χ0v) is 13.3. The summed E-state index contributed by atoms with van der Waals surface area (Å²) in [6.45, 7) is 5.49. The highest BCUT2D eigenvalue weighted by Crippen LogP contribution is 2.19. The number of ether oxygens (including phenoxy) is 1. The summed E-state index contributed by atoms with van der Waals surface area (Å²) in [4.78, 5) is 11.3. The minimum absolute atomic E-state index is 0.0693. The second kappa shape index (κ2) is 7.96. The molecule has 0 heterocycles. The molecule has 2 saturated carbocycles. The van der Waals surface area contributed by atoms with Crippen molar-refractivity contribution in [1.82, 2.24) is 5.32 Å². The summed E-state index contributed by atoms with van der Waals surface area (Å²) in [7, 11) is 0. The Hall–Kier alpha value is -0.850. The molecule has 4 atom stereocenters. The lowest BCUT2D eigenvalue weighted by atomic mass is 10.2. The first-order valence-corrected chi connectivity index (χ1v) is 7.77. The zero-order chi connectivity index (χ0) is 16.0. The molecule has 0 aromatic rings. The maximum absolute atomic E-state index is 11.3. The fourth-order valence-electron chi connectivity index (χ4n) is 2.55. The minimum Gasteiger partial charge on any atom is -0.444 e. The third kappa shape index (κ3) is 8.24. The van der Waals surface area contributed by atoms with E-state index in [0.29, 0.717) is 6.42 Å². The van der Waals surface area contributed by atoms with Gasteiger partial charge in [0.15, 0.2) is 0 Å². The van der Waals surface area contributed by atoms with Gasteiger partial charge in [-0.1, -0.05) is 0 Å². The normalized spacial score (nSPS) is 32.3. The van der Waals surface area contributed by atoms with Crippen LogP contribution >= 0.6 is 0 Å². The van der Waals surface area contributed by atoms with Gasteiger partial charge in [0.1, 0.15) is 5.60 Å². The van der Waals surface area contributed by atoms with Crippen molar-refractivity contribution < 1.29 is 19.7 Å². The standard InChI is InChI=1S/C10H19NO3.C5H11NO/c1-10(2,3)14-9(13)11-7-4-5-8(12)6-7;6-4-1-2-5(7)3-4/h7-8,12H,4-6H2,1-3H3,(H,11,13);4-5,7H,1-3,6H2/t7-,8+;4-,5+/m00/s1. The van der Waals surface area contributed by atoms with Gasteiger partial charge in [0, 0.05) is 12.1 Å². The number of aliphatic hydroxyl groups is 2. The highest BCUT2D eigenvalue weighted by molar-refractivity contribution is 5.68. The molecule has 0 spiro atoms. The topological polar surface area (TPSA) is 105 Å². The van der Waals surface area contributed by atoms with Crippen molar-refractivity contribution in [3.8, 4) is 0 Å². The predicted octanol–water partition coefficient (Wildman–Crippen LogP) is 1.28. The second-order valence-corrected chi connectivity index (χ2v) is 7.04. The van der Waals surface area contributed by atoms with E-state index < -0.39 is 11.7 Å². The number of aliphatic hydroxyl groups excluding tert-OH is 2. The molecule has 0 saturated heterocycles. The molecule has 0 aliphatic heterocycles. The summed E-state index contributed by atoms with van der Waals surface area (Å²) in [5, 5.41) is 20.8. The Morgan fingerprint density at radius 2 is 1.67 bits per heavy atom. The van der Waals surface area contributed by atoms with Crippen molar-refractivity contribution in [2.24, 2.45) is 5.73 Å². The molecule has 5 N–H and O–H groups in total. The lowest BCUT2D eigenvalue weighted by molar-refractivity contribution is 0.0502. The monoisotopic (exact) mass is 302 g/mol. The summed E-state index contributed by atoms with van der Waals surface area (Å²) in [6, 6.07) is 0.342. The number of nitrogens with one attached hydrogen (secondary N) is 1. The number of rotatable bonds is 1. The number of hydrogen-bond donors (Lipinski definition) is 4. The number of amides is 1. The third-order valence-electron chi connectivity index (χ3n) is 3.57. The average molecular weight is 302 g/mol. The van der Waals surface area contributed by atoms with Gasteiger partial charge >= 0.3 is 6.09 Å². The van der Waals surface area contributed by atoms with Gasteiger partial charge in [0.05, 0.1) is 12.2 Å². The molecule has 0 aromatic carbocycles. The molecular formula is C15H30N2O4. The van der Waals surface area contributed by atoms with Gasteiger partial charge < -0.3 is 26.0 Å². The molecule has 2 rings (SSSR count). The van der Waals surface area contributed by atoms with Crippen LogP contribution in [0.5, 0.6) is 0 Å². The van der Waals surface area contributed by atoms with Crippen molar-refractivity contribution >= 4 is 6.09 Å². The Bertz CT molecular complexity index is 322. The smallest absolute Gasteiger partial charge is 0.407 e. The van der Waals surface area contributed by atoms with E-state index in [1.54, 1.807) is 0 Å². The van der Waals surface area contributed by atoms with Crippen LogP contribution in [0.3, 0.4) is 0 Å². The maximum Gasteiger partial charge on any atom is 0.407 e. The summed E-state index contributed by atoms with van der Waals surface area (Å²) in [6.07, 6.45) is 4.18. The van der Waals surface area contributed by atoms with Gasteiger partial charge in [-0.25, -0.2) is 4.79 Å². The maximum atomic E-state index is 11.3. The molecule has 2 fully saturated rings. The summed E-state index contributed by atoms with van der Waals surface area (Å²) >= 11 is 0. The first-order chi connectivity index (χ1) is 9.65. The molecule has 1 amide bonds. The van der Waals surface area contributed by atoms with Gasteiger partial charge in [-0.3, -0.25) is 0 Å². The molecule has 2 aliphatic carbocycles. The molecule has 0 unspecified atom stereocenters. The number of carbonyl (C=O) groups excluding carboxylic acids is 1. The van der Waals surface area contributed by atoms with E-state index in [1.807, 2.05) is 20.8 Å². The van der Waals surface area contributed by atoms with Crippen LogP contribution in [-0.2, 0) is 4.74 Å². The van der Waals surface area contributed by atoms with Gasteiger partial charge in [0.25, 0.3) is 0 Å². The van der Waals surface area contributed by atoms with E-state index in [-0.39, 0.29) is 24.3 Å². The lowest BCUT2D eigenvalue weighted by Crippen LogP contribution is -2.38. The van der Waals surface area contributed by atoms with Gasteiger partial charge in [-0.05, 0) is 59.3 Å². The Morgan fingerprint density at radius 3 is 2.00 bits per heavy atom. The lowest BCUT2D eigenvalue weighted by Gasteiger charge is -2.21. The van der Waals surface area contributed by atoms with E-state index >= 15 is 0 Å². The van der Waals surface area contributed by atoms with Gasteiger partial charge in [-0.2, -0.15) is 0 Å². The highest BCUT2D eigenvalue weighted by atomic mass is 16.6. The SMILES string of the molecule is CC(C)(C)OC(=O)N[C@H]1CC[C@@H](O)C1.N[C@H]1CC[C@@H](O)C1. The molecule has 124 valence electrons. The minimum atomic E-state index is -0.457. The van der Waals surface area contributed by atoms with Crippen LogP contribution in [0.4, 0.5) is 4.79 Å². The summed E-state index contributed by atoms with van der Waals surface area (Å²) in [5.74, 6) is 0. The first-order valence-electron chi connectivity index (χ1n) is 7.77. The molecule has 0 aromatic heterocycles. The Balaban J connectivity index is 0.000000262. The van der Waals surface area contributed by atoms with Crippen molar-refractivity contribution in [3.05, 3.63) is 0 Å². The van der Waals surface area contributed by atoms with E-state index in [2.05, 4.69) is 5.32 Å². The third-order valence-corrected chi connectivity index (χ3v) is 3.57. The van der Waals surface area contributed by atoms with Crippen LogP contribution in [0, 0.1) is 0 Å². The molecule has 21 heavy (non-hydrogen) atoms. The number of nitrogens with two attached hydrogens (primary N) is 1. The fraction of sp³-hybridized carbons (Fsp3) is 0.933. The van der Waals surface area contributed by atoms with Gasteiger partial charge in [-0.15, -0.1) is 0 Å². The van der Waals surface area contributed by atoms with Crippen LogP contribution in [0.25, 0.3) is 0 Å². The highest BCUT2D eigenvalue weighted by Gasteiger charge is 2.26. The molecule has 6 heteroatoms. The number of alkyl carbamates (subject to hydrolysis) is 1. The summed E-state index contributed by atoms with van der Waals surface area (Å²) in [5.41, 5.74) is 5.01. The van der Waals surface area contributed by atoms with Crippen molar-refractivity contribution in [1.29, 1.82) is 0 Å². The first kappa shape index (κ1) is 18.2. The second-order valence-electron chi connectivity index (χ2n) is 7.04. The van der Waals surface area contributed by atoms with Gasteiger partial charge in [0.2, 0.25) is 0 Å². The predicted molar refractivity (Wildman–Crippen MR) is 80.8 cm³/mol. The summed E-state index contributed by atoms with van der Waals surface area (Å²) < 4.78 is 5.10. The van der Waals surface area contributed by atoms with Crippen LogP contribution in [0.15, 0.2) is 0 Å². The molecule has 0 bridgehead atoms. The van der Waals surface area contributed by atoms with Crippen molar-refractivity contribution in [3.63, 3.8) is 0 Å². The number of hydrogen-bond acceptors (Lipinski definition) is 5. The Morgan fingerprint density at radius 1 is 1.10 bits per heavy atom. The Kier molecular flexibility index (Phi) is 6.90. The number of carbonyl (C=O) groups is 1. The van der Waals surface area contributed by atoms with Crippen molar-refractivity contribution in [2.75, 3.05) is 0 Å². The molecule has 0 radical (unpaired) electrons. The quantitative estimate of drug-likeness (QED) is 0.584. The van der Waals surface area contributed by atoms with E-state index in [4.69, 9.17) is 15.6 Å². The van der Waals surface area contributed by atoms with Crippen LogP contribution in [-0.4, -0.2) is 46.2 Å². The van der Waals surface area contributed by atoms with E-state index in [0.717, 1.165) is 32.1 Å². The molecular weight excluding hydrogens is 272 g/mol. The Labute approximate surface area is 127 Å². The van der Waals surface area contributed by atoms with Crippen molar-refractivity contribution in [2.45, 2.75) is 89.2 Å². The van der Waals surface area contributed by atoms with Crippen LogP contribution in [0.1, 0.15) is 59.3 Å². The fourth-order valence-corrected chi connectivity index (χ4v) is 2.55. The largest absolute Gasteiger partial charge is 0.444 e. The van der Waals surface area contributed by atoms with Crippen LogP contribution in [0.2, 0.25) is 0 Å². The van der Waals surface area contributed by atoms with Crippen LogP contribution < -0.4 is 11.1 Å². The zero-order valence-electron chi connectivity index (χ0n) is 13.3.